The molecule has 1 unspecified atom stereocenters. The van der Waals surface area contributed by atoms with Gasteiger partial charge < -0.3 is 23.6 Å². The lowest BCUT2D eigenvalue weighted by molar-refractivity contribution is 0.0265. The van der Waals surface area contributed by atoms with Crippen LogP contribution in [0.2, 0.25) is 0 Å². The Morgan fingerprint density at radius 2 is 1.77 bits per heavy atom. The minimum absolute atomic E-state index is 0.0505. The van der Waals surface area contributed by atoms with Gasteiger partial charge in [0.2, 0.25) is 0 Å². The molecule has 0 spiro atoms. The normalized spacial score (nSPS) is 23.3. The maximum absolute atomic E-state index is 15.5. The fourth-order valence-corrected chi connectivity index (χ4v) is 6.37. The van der Waals surface area contributed by atoms with Crippen LogP contribution < -0.4 is 9.80 Å². The third-order valence-electron chi connectivity index (χ3n) is 8.55. The molecule has 0 N–H and O–H groups in total. The molecule has 13 nitrogen and oxygen atoms in total. The lowest BCUT2D eigenvalue weighted by Gasteiger charge is -2.27. The first-order valence-electron chi connectivity index (χ1n) is 15.6. The van der Waals surface area contributed by atoms with Crippen molar-refractivity contribution in [3.63, 3.8) is 0 Å². The van der Waals surface area contributed by atoms with Gasteiger partial charge in [-0.3, -0.25) is 14.8 Å². The molecule has 3 amide bonds. The number of nitriles is 1. The third-order valence-corrected chi connectivity index (χ3v) is 8.55. The Kier molecular flexibility index (Phi) is 8.05. The number of ether oxygens (including phenoxy) is 3. The Morgan fingerprint density at radius 3 is 2.33 bits per heavy atom. The predicted octanol–water partition coefficient (Wildman–Crippen LogP) is 5.90. The number of aromatic nitrogens is 2. The van der Waals surface area contributed by atoms with Gasteiger partial charge in [0.25, 0.3) is 0 Å². The number of pyridine rings is 1. The molecule has 252 valence electrons. The molecule has 6 rings (SSSR count). The molecule has 1 saturated carbocycles. The Labute approximate surface area is 277 Å². The fourth-order valence-electron chi connectivity index (χ4n) is 6.37. The van der Waals surface area contributed by atoms with Crippen LogP contribution in [0.4, 0.5) is 30.3 Å². The second-order valence-electron chi connectivity index (χ2n) is 14.2. The zero-order valence-electron chi connectivity index (χ0n) is 27.6. The van der Waals surface area contributed by atoms with E-state index in [1.807, 2.05) is 20.8 Å². The molecule has 4 atom stereocenters. The van der Waals surface area contributed by atoms with Gasteiger partial charge in [0.05, 0.1) is 30.5 Å². The number of amides is 3. The SMILES string of the molecule is CC(C)(C)OC(=O)N1C[C@@H]2[C@H](C1)C2(C#N)c1ccc(-c2ccc(N3C[C@H](CN(C(=O)OC(C)(C)C)c4ccon4)OC3=O)cc2F)cn1. The van der Waals surface area contributed by atoms with E-state index in [1.54, 1.807) is 49.9 Å². The van der Waals surface area contributed by atoms with E-state index in [9.17, 15) is 19.6 Å². The van der Waals surface area contributed by atoms with Gasteiger partial charge in [0, 0.05) is 48.3 Å². The van der Waals surface area contributed by atoms with Crippen LogP contribution in [-0.4, -0.2) is 76.8 Å². The van der Waals surface area contributed by atoms with Crippen molar-refractivity contribution in [1.82, 2.24) is 15.0 Å². The van der Waals surface area contributed by atoms with Crippen molar-refractivity contribution >= 4 is 29.8 Å². The smallest absolute Gasteiger partial charge is 0.416 e. The predicted molar refractivity (Wildman–Crippen MR) is 169 cm³/mol. The van der Waals surface area contributed by atoms with E-state index in [1.165, 1.54) is 34.4 Å². The van der Waals surface area contributed by atoms with Gasteiger partial charge in [-0.05, 0) is 65.8 Å². The summed E-state index contributed by atoms with van der Waals surface area (Å²) < 4.78 is 36.9. The first-order valence-corrected chi connectivity index (χ1v) is 15.6. The zero-order valence-corrected chi connectivity index (χ0v) is 27.6. The van der Waals surface area contributed by atoms with Gasteiger partial charge in [0.1, 0.15) is 34.8 Å². The average molecular weight is 661 g/mol. The fraction of sp³-hybridized carbons (Fsp3) is 0.471. The number of nitrogens with zero attached hydrogens (tertiary/aromatic N) is 6. The first kappa shape index (κ1) is 32.7. The van der Waals surface area contributed by atoms with Crippen LogP contribution >= 0.6 is 0 Å². The van der Waals surface area contributed by atoms with Crippen LogP contribution in [0.15, 0.2) is 53.4 Å². The van der Waals surface area contributed by atoms with Gasteiger partial charge in [-0.1, -0.05) is 11.2 Å². The average Bonchev–Trinajstić information content (AvgIpc) is 3.52. The second-order valence-corrected chi connectivity index (χ2v) is 14.2. The number of hydrogen-bond acceptors (Lipinski definition) is 10. The highest BCUT2D eigenvalue weighted by Crippen LogP contribution is 2.63. The van der Waals surface area contributed by atoms with Crippen LogP contribution in [0.25, 0.3) is 11.1 Å². The van der Waals surface area contributed by atoms with E-state index < -0.39 is 46.8 Å². The van der Waals surface area contributed by atoms with Crippen LogP contribution in [0.3, 0.4) is 0 Å². The minimum atomic E-state index is -0.807. The molecule has 1 aromatic carbocycles. The largest absolute Gasteiger partial charge is 0.444 e. The Balaban J connectivity index is 1.12. The molecule has 2 aliphatic heterocycles. The number of cyclic esters (lactones) is 1. The van der Waals surface area contributed by atoms with Gasteiger partial charge in [0.15, 0.2) is 5.82 Å². The molecule has 0 radical (unpaired) electrons. The lowest BCUT2D eigenvalue weighted by Crippen LogP contribution is -2.42. The third kappa shape index (κ3) is 6.24. The zero-order chi connectivity index (χ0) is 34.6. The summed E-state index contributed by atoms with van der Waals surface area (Å²) in [6.07, 6.45) is 0.315. The van der Waals surface area contributed by atoms with Gasteiger partial charge >= 0.3 is 18.3 Å². The van der Waals surface area contributed by atoms with Crippen LogP contribution in [0.1, 0.15) is 47.2 Å². The molecule has 1 aliphatic carbocycles. The van der Waals surface area contributed by atoms with Crippen molar-refractivity contribution in [3.05, 3.63) is 60.4 Å². The highest BCUT2D eigenvalue weighted by atomic mass is 19.1. The summed E-state index contributed by atoms with van der Waals surface area (Å²) in [5.41, 5.74) is -0.554. The summed E-state index contributed by atoms with van der Waals surface area (Å²) in [6.45, 7) is 11.4. The molecule has 2 aromatic heterocycles. The van der Waals surface area contributed by atoms with E-state index >= 15 is 4.39 Å². The molecule has 3 aromatic rings. The molecule has 2 saturated heterocycles. The number of rotatable bonds is 6. The molecular weight excluding hydrogens is 623 g/mol. The maximum atomic E-state index is 15.5. The maximum Gasteiger partial charge on any atom is 0.416 e. The summed E-state index contributed by atoms with van der Waals surface area (Å²) >= 11 is 0. The van der Waals surface area contributed by atoms with E-state index in [0.29, 0.717) is 24.3 Å². The van der Waals surface area contributed by atoms with Crippen molar-refractivity contribution in [2.75, 3.05) is 36.0 Å². The summed E-state index contributed by atoms with van der Waals surface area (Å²) in [7, 11) is 0. The Morgan fingerprint density at radius 1 is 1.06 bits per heavy atom. The molecule has 0 bridgehead atoms. The first-order chi connectivity index (χ1) is 22.6. The number of piperidine rings is 1. The molecule has 3 fully saturated rings. The number of benzene rings is 1. The van der Waals surface area contributed by atoms with E-state index in [2.05, 4.69) is 16.2 Å². The van der Waals surface area contributed by atoms with Crippen molar-refractivity contribution in [3.8, 4) is 17.2 Å². The van der Waals surface area contributed by atoms with Crippen LogP contribution in [0, 0.1) is 29.0 Å². The molecule has 48 heavy (non-hydrogen) atoms. The van der Waals surface area contributed by atoms with E-state index in [-0.39, 0.29) is 42.0 Å². The highest BCUT2D eigenvalue weighted by Gasteiger charge is 2.71. The van der Waals surface area contributed by atoms with E-state index in [0.717, 1.165) is 0 Å². The molecular formula is C34H37FN6O7. The van der Waals surface area contributed by atoms with Gasteiger partial charge in [-0.15, -0.1) is 0 Å². The number of halogens is 1. The monoisotopic (exact) mass is 660 g/mol. The highest BCUT2D eigenvalue weighted by molar-refractivity contribution is 5.91. The number of carbonyl (C=O) groups is 3. The number of fused-ring (bicyclic) bond motifs is 1. The molecule has 14 heteroatoms. The lowest BCUT2D eigenvalue weighted by atomic mass is 9.95. The van der Waals surface area contributed by atoms with Crippen LogP contribution in [0.5, 0.6) is 0 Å². The minimum Gasteiger partial charge on any atom is -0.444 e. The van der Waals surface area contributed by atoms with Crippen molar-refractivity contribution < 1.29 is 37.5 Å². The Hall–Kier alpha value is -5.19. The summed E-state index contributed by atoms with van der Waals surface area (Å²) in [6, 6.07) is 11.8. The van der Waals surface area contributed by atoms with Crippen LogP contribution in [-0.2, 0) is 19.6 Å². The van der Waals surface area contributed by atoms with Crippen molar-refractivity contribution in [2.45, 2.75) is 64.3 Å². The summed E-state index contributed by atoms with van der Waals surface area (Å²) in [5.74, 6) is -0.495. The number of hydrogen-bond donors (Lipinski definition) is 0. The number of anilines is 2. The summed E-state index contributed by atoms with van der Waals surface area (Å²) in [5, 5.41) is 14.0. The van der Waals surface area contributed by atoms with E-state index in [4.69, 9.17) is 18.7 Å². The quantitative estimate of drug-likeness (QED) is 0.292. The standard InChI is InChI=1S/C34H37FN6O7/c1-32(2,3)47-29(42)39-17-24-25(18-39)34(24,19-36)27-10-7-20(14-37-27)23-9-8-21(13-26(23)35)40-15-22(46-30(40)43)16-41(28-11-12-45-38-28)31(44)48-33(4,5)6/h7-14,22,24-25H,15-18H2,1-6H3/t22-,24-,25+,34?/m1/s1. The Bertz CT molecular complexity index is 1750. The topological polar surface area (TPSA) is 151 Å². The number of carbonyl (C=O) groups excluding carboxylic acids is 3. The van der Waals surface area contributed by atoms with Crippen molar-refractivity contribution in [1.29, 1.82) is 5.26 Å². The molecule has 3 aliphatic rings. The number of likely N-dealkylation sites (tertiary alicyclic amines) is 1. The summed E-state index contributed by atoms with van der Waals surface area (Å²) in [4.78, 5) is 46.9. The second kappa shape index (κ2) is 11.8. The van der Waals surface area contributed by atoms with Gasteiger partial charge in [-0.25, -0.2) is 18.8 Å². The van der Waals surface area contributed by atoms with Crippen molar-refractivity contribution in [2.24, 2.45) is 11.8 Å². The molecule has 4 heterocycles. The van der Waals surface area contributed by atoms with Gasteiger partial charge in [-0.2, -0.15) is 5.26 Å².